The molecule has 2 rings (SSSR count). The average Bonchev–Trinajstić information content (AvgIpc) is 2.74. The number of aromatic nitrogens is 3. The molecule has 0 fully saturated rings. The van der Waals surface area contributed by atoms with Gasteiger partial charge < -0.3 is 10.3 Å². The van der Waals surface area contributed by atoms with Crippen LogP contribution in [0, 0.1) is 0 Å². The lowest BCUT2D eigenvalue weighted by Crippen LogP contribution is -2.12. The quantitative estimate of drug-likeness (QED) is 0.914. The predicted molar refractivity (Wildman–Crippen MR) is 53.4 cm³/mol. The largest absolute Gasteiger partial charge is 0.396 e. The van der Waals surface area contributed by atoms with Crippen molar-refractivity contribution in [2.45, 2.75) is 19.0 Å². The number of hydrogen-bond acceptors (Lipinski definition) is 6. The van der Waals surface area contributed by atoms with E-state index < -0.39 is 12.6 Å². The van der Waals surface area contributed by atoms with Crippen molar-refractivity contribution in [3.8, 4) is 0 Å². The molecule has 0 amide bonds. The lowest BCUT2D eigenvalue weighted by Gasteiger charge is -1.99. The van der Waals surface area contributed by atoms with Gasteiger partial charge in [0.1, 0.15) is 6.42 Å². The van der Waals surface area contributed by atoms with Crippen LogP contribution in [0.2, 0.25) is 0 Å². The van der Waals surface area contributed by atoms with E-state index >= 15 is 0 Å². The van der Waals surface area contributed by atoms with Gasteiger partial charge in [0.2, 0.25) is 5.89 Å². The Morgan fingerprint density at radius 2 is 2.12 bits per heavy atom. The Bertz CT molecular complexity index is 507. The highest BCUT2D eigenvalue weighted by molar-refractivity contribution is 7.13. The van der Waals surface area contributed by atoms with Gasteiger partial charge in [-0.2, -0.15) is 18.2 Å². The lowest BCUT2D eigenvalue weighted by atomic mass is 10.3. The van der Waals surface area contributed by atoms with Crippen LogP contribution in [0.3, 0.4) is 0 Å². The molecule has 0 aliphatic carbocycles. The summed E-state index contributed by atoms with van der Waals surface area (Å²) in [5, 5.41) is 5.31. The van der Waals surface area contributed by atoms with Crippen molar-refractivity contribution in [2.75, 3.05) is 5.73 Å². The van der Waals surface area contributed by atoms with Crippen molar-refractivity contribution < 1.29 is 17.7 Å². The lowest BCUT2D eigenvalue weighted by molar-refractivity contribution is -0.128. The van der Waals surface area contributed by atoms with E-state index in [-0.39, 0.29) is 18.1 Å². The van der Waals surface area contributed by atoms with Gasteiger partial charge in [-0.05, 0) is 0 Å². The number of nitrogen functional groups attached to an aromatic ring is 1. The molecule has 0 aliphatic heterocycles. The molecule has 0 radical (unpaired) electrons. The molecular weight excluding hydrogens is 257 g/mol. The summed E-state index contributed by atoms with van der Waals surface area (Å²) >= 11 is 1.24. The summed E-state index contributed by atoms with van der Waals surface area (Å²) in [5.41, 5.74) is 6.01. The Labute approximate surface area is 97.5 Å². The van der Waals surface area contributed by atoms with E-state index in [0.29, 0.717) is 10.8 Å². The second-order valence-corrected chi connectivity index (χ2v) is 4.14. The number of thiazole rings is 1. The standard InChI is InChI=1S/C8H7F3N4OS/c9-8(10,11)2-5-14-6(16-15-5)1-4-3-17-7(12)13-4/h3H,1-2H2,(H2,12,13). The predicted octanol–water partition coefficient (Wildman–Crippen LogP) is 1.80. The third-order valence-corrected chi connectivity index (χ3v) is 2.49. The van der Waals surface area contributed by atoms with E-state index in [2.05, 4.69) is 19.6 Å². The second kappa shape index (κ2) is 4.32. The molecule has 0 bridgehead atoms. The normalized spacial score (nSPS) is 11.9. The maximum atomic E-state index is 12.0. The zero-order valence-corrected chi connectivity index (χ0v) is 9.18. The van der Waals surface area contributed by atoms with E-state index in [1.54, 1.807) is 5.38 Å². The smallest absolute Gasteiger partial charge is 0.375 e. The first-order valence-corrected chi connectivity index (χ1v) is 5.38. The van der Waals surface area contributed by atoms with Crippen LogP contribution in [0.1, 0.15) is 17.4 Å². The van der Waals surface area contributed by atoms with Crippen LogP contribution in [0.25, 0.3) is 0 Å². The van der Waals surface area contributed by atoms with Crippen LogP contribution >= 0.6 is 11.3 Å². The summed E-state index contributed by atoms with van der Waals surface area (Å²) in [5.74, 6) is -0.287. The molecule has 2 aromatic rings. The molecule has 92 valence electrons. The molecule has 0 saturated carbocycles. The second-order valence-electron chi connectivity index (χ2n) is 3.25. The summed E-state index contributed by atoms with van der Waals surface area (Å²) in [6.07, 6.45) is -5.36. The maximum absolute atomic E-state index is 12.0. The molecule has 2 aromatic heterocycles. The topological polar surface area (TPSA) is 77.8 Å². The van der Waals surface area contributed by atoms with Gasteiger partial charge in [-0.25, -0.2) is 4.98 Å². The van der Waals surface area contributed by atoms with Crippen LogP contribution in [-0.2, 0) is 12.8 Å². The molecule has 17 heavy (non-hydrogen) atoms. The van der Waals surface area contributed by atoms with Gasteiger partial charge in [0, 0.05) is 5.38 Å². The van der Waals surface area contributed by atoms with Gasteiger partial charge in [-0.3, -0.25) is 0 Å². The minimum Gasteiger partial charge on any atom is -0.375 e. The third-order valence-electron chi connectivity index (χ3n) is 1.77. The highest BCUT2D eigenvalue weighted by atomic mass is 32.1. The maximum Gasteiger partial charge on any atom is 0.396 e. The number of alkyl halides is 3. The van der Waals surface area contributed by atoms with Gasteiger partial charge in [0.05, 0.1) is 12.1 Å². The molecule has 0 saturated heterocycles. The number of rotatable bonds is 3. The molecule has 0 aromatic carbocycles. The van der Waals surface area contributed by atoms with E-state index in [1.807, 2.05) is 0 Å². The monoisotopic (exact) mass is 264 g/mol. The van der Waals surface area contributed by atoms with Crippen LogP contribution in [-0.4, -0.2) is 21.3 Å². The van der Waals surface area contributed by atoms with Crippen molar-refractivity contribution in [2.24, 2.45) is 0 Å². The van der Waals surface area contributed by atoms with Crippen LogP contribution in [0.15, 0.2) is 9.90 Å². The van der Waals surface area contributed by atoms with Gasteiger partial charge in [0.25, 0.3) is 0 Å². The molecule has 0 aliphatic rings. The Morgan fingerprint density at radius 1 is 1.35 bits per heavy atom. The fourth-order valence-corrected chi connectivity index (χ4v) is 1.73. The third kappa shape index (κ3) is 3.41. The highest BCUT2D eigenvalue weighted by Crippen LogP contribution is 2.20. The fraction of sp³-hybridized carbons (Fsp3) is 0.375. The van der Waals surface area contributed by atoms with Gasteiger partial charge in [-0.15, -0.1) is 11.3 Å². The number of anilines is 1. The summed E-state index contributed by atoms with van der Waals surface area (Å²) in [4.78, 5) is 7.56. The van der Waals surface area contributed by atoms with Crippen molar-refractivity contribution >= 4 is 16.5 Å². The van der Waals surface area contributed by atoms with E-state index in [9.17, 15) is 13.2 Å². The summed E-state index contributed by atoms with van der Waals surface area (Å²) < 4.78 is 40.8. The summed E-state index contributed by atoms with van der Waals surface area (Å²) in [6, 6.07) is 0. The van der Waals surface area contributed by atoms with Gasteiger partial charge >= 0.3 is 6.18 Å². The molecule has 0 unspecified atom stereocenters. The van der Waals surface area contributed by atoms with E-state index in [0.717, 1.165) is 0 Å². The van der Waals surface area contributed by atoms with Crippen LogP contribution in [0.5, 0.6) is 0 Å². The fourth-order valence-electron chi connectivity index (χ4n) is 1.17. The van der Waals surface area contributed by atoms with Crippen molar-refractivity contribution in [3.05, 3.63) is 22.8 Å². The molecular formula is C8H7F3N4OS. The molecule has 9 heteroatoms. The molecule has 2 heterocycles. The Hall–Kier alpha value is -1.64. The number of nitrogens with two attached hydrogens (primary N) is 1. The summed E-state index contributed by atoms with van der Waals surface area (Å²) in [7, 11) is 0. The van der Waals surface area contributed by atoms with Gasteiger partial charge in [-0.1, -0.05) is 5.16 Å². The number of hydrogen-bond donors (Lipinski definition) is 1. The van der Waals surface area contributed by atoms with E-state index in [4.69, 9.17) is 5.73 Å². The Balaban J connectivity index is 2.03. The van der Waals surface area contributed by atoms with Crippen molar-refractivity contribution in [1.29, 1.82) is 0 Å². The summed E-state index contributed by atoms with van der Waals surface area (Å²) in [6.45, 7) is 0. The molecule has 5 nitrogen and oxygen atoms in total. The first kappa shape index (κ1) is 11.8. The van der Waals surface area contributed by atoms with Gasteiger partial charge in [0.15, 0.2) is 11.0 Å². The first-order valence-electron chi connectivity index (χ1n) is 4.50. The Morgan fingerprint density at radius 3 is 2.71 bits per heavy atom. The zero-order chi connectivity index (χ0) is 12.5. The molecule has 0 spiro atoms. The SMILES string of the molecule is Nc1nc(Cc2nc(CC(F)(F)F)no2)cs1. The van der Waals surface area contributed by atoms with Crippen LogP contribution in [0.4, 0.5) is 18.3 Å². The van der Waals surface area contributed by atoms with Crippen molar-refractivity contribution in [1.82, 2.24) is 15.1 Å². The molecule has 2 N–H and O–H groups in total. The van der Waals surface area contributed by atoms with Crippen LogP contribution < -0.4 is 5.73 Å². The minimum atomic E-state index is -4.34. The highest BCUT2D eigenvalue weighted by Gasteiger charge is 2.30. The van der Waals surface area contributed by atoms with E-state index in [1.165, 1.54) is 11.3 Å². The minimum absolute atomic E-state index is 0.0922. The molecule has 0 atom stereocenters. The first-order chi connectivity index (χ1) is 7.92. The number of nitrogens with zero attached hydrogens (tertiary/aromatic N) is 3. The average molecular weight is 264 g/mol. The van der Waals surface area contributed by atoms with Crippen molar-refractivity contribution in [3.63, 3.8) is 0 Å². The Kier molecular flexibility index (Phi) is 3.01. The number of halogens is 3. The zero-order valence-electron chi connectivity index (χ0n) is 8.36.